The summed E-state index contributed by atoms with van der Waals surface area (Å²) in [6, 6.07) is 8.80. The van der Waals surface area contributed by atoms with Crippen molar-refractivity contribution in [3.8, 4) is 0 Å². The average Bonchev–Trinajstić information content (AvgIpc) is 3.24. The molecule has 1 saturated carbocycles. The number of hydrogen-bond donors (Lipinski definition) is 1. The molecule has 110 valence electrons. The van der Waals surface area contributed by atoms with Gasteiger partial charge >= 0.3 is 0 Å². The van der Waals surface area contributed by atoms with E-state index in [9.17, 15) is 8.78 Å². The second-order valence-electron chi connectivity index (χ2n) is 5.26. The first-order valence-corrected chi connectivity index (χ1v) is 7.47. The zero-order valence-electron chi connectivity index (χ0n) is 11.0. The lowest BCUT2D eigenvalue weighted by Crippen LogP contribution is -2.13. The second-order valence-corrected chi connectivity index (χ2v) is 6.07. The molecule has 1 aliphatic rings. The van der Waals surface area contributed by atoms with E-state index in [1.807, 2.05) is 0 Å². The van der Waals surface area contributed by atoms with Crippen molar-refractivity contribution in [2.24, 2.45) is 5.92 Å². The van der Waals surface area contributed by atoms with E-state index < -0.39 is 5.82 Å². The Balaban J connectivity index is 1.91. The van der Waals surface area contributed by atoms with Crippen molar-refractivity contribution in [2.45, 2.75) is 18.9 Å². The third kappa shape index (κ3) is 3.30. The van der Waals surface area contributed by atoms with Crippen molar-refractivity contribution in [3.63, 3.8) is 0 Å². The molecule has 1 aliphatic carbocycles. The summed E-state index contributed by atoms with van der Waals surface area (Å²) in [5.74, 6) is -0.293. The van der Waals surface area contributed by atoms with Gasteiger partial charge in [-0.1, -0.05) is 35.3 Å². The maximum Gasteiger partial charge on any atom is 0.126 e. The Morgan fingerprint density at radius 3 is 2.05 bits per heavy atom. The number of hydrogen-bond acceptors (Lipinski definition) is 1. The number of rotatable bonds is 4. The number of nitrogens with one attached hydrogen (secondary N) is 1. The predicted octanol–water partition coefficient (Wildman–Crippen LogP) is 5.83. The Kier molecular flexibility index (Phi) is 4.05. The van der Waals surface area contributed by atoms with Crippen molar-refractivity contribution in [1.29, 1.82) is 0 Å². The molecular formula is C16H13Cl2F2N. The summed E-state index contributed by atoms with van der Waals surface area (Å²) in [4.78, 5) is 0. The highest BCUT2D eigenvalue weighted by Gasteiger charge is 2.33. The Morgan fingerprint density at radius 2 is 1.52 bits per heavy atom. The van der Waals surface area contributed by atoms with Gasteiger partial charge in [0.2, 0.25) is 0 Å². The standard InChI is InChI=1S/C16H13Cl2F2N/c17-13-7-12(20)8-14(18)16(13)21-15(9-1-2-9)10-3-5-11(19)6-4-10/h3-9,15,21H,1-2H2. The molecule has 0 aromatic heterocycles. The molecule has 0 aliphatic heterocycles. The lowest BCUT2D eigenvalue weighted by atomic mass is 10.0. The minimum atomic E-state index is -0.472. The van der Waals surface area contributed by atoms with Crippen molar-refractivity contribution >= 4 is 28.9 Å². The smallest absolute Gasteiger partial charge is 0.126 e. The maximum atomic E-state index is 13.2. The number of halogens is 4. The fourth-order valence-electron chi connectivity index (χ4n) is 2.41. The van der Waals surface area contributed by atoms with Crippen LogP contribution in [0.4, 0.5) is 14.5 Å². The Morgan fingerprint density at radius 1 is 0.952 bits per heavy atom. The molecule has 5 heteroatoms. The normalized spacial score (nSPS) is 15.8. The summed E-state index contributed by atoms with van der Waals surface area (Å²) >= 11 is 12.1. The molecule has 0 radical (unpaired) electrons. The minimum Gasteiger partial charge on any atom is -0.376 e. The highest BCUT2D eigenvalue weighted by molar-refractivity contribution is 6.39. The van der Waals surface area contributed by atoms with Gasteiger partial charge in [-0.2, -0.15) is 0 Å². The van der Waals surface area contributed by atoms with Crippen LogP contribution in [-0.2, 0) is 0 Å². The summed E-state index contributed by atoms with van der Waals surface area (Å²) < 4.78 is 26.3. The summed E-state index contributed by atoms with van der Waals surface area (Å²) in [6.45, 7) is 0. The van der Waals surface area contributed by atoms with E-state index in [-0.39, 0.29) is 21.9 Å². The zero-order chi connectivity index (χ0) is 15.0. The molecule has 0 saturated heterocycles. The molecule has 3 rings (SSSR count). The van der Waals surface area contributed by atoms with Crippen LogP contribution in [-0.4, -0.2) is 0 Å². The molecule has 2 aromatic rings. The molecule has 1 nitrogen and oxygen atoms in total. The quantitative estimate of drug-likeness (QED) is 0.744. The molecule has 1 unspecified atom stereocenters. The van der Waals surface area contributed by atoms with Crippen LogP contribution in [0.1, 0.15) is 24.4 Å². The van der Waals surface area contributed by atoms with Gasteiger partial charge in [0.05, 0.1) is 21.8 Å². The van der Waals surface area contributed by atoms with Crippen molar-refractivity contribution in [1.82, 2.24) is 0 Å². The zero-order valence-corrected chi connectivity index (χ0v) is 12.6. The number of benzene rings is 2. The molecule has 0 amide bonds. The largest absolute Gasteiger partial charge is 0.376 e. The van der Waals surface area contributed by atoms with Gasteiger partial charge in [-0.15, -0.1) is 0 Å². The molecule has 21 heavy (non-hydrogen) atoms. The minimum absolute atomic E-state index is 0.00828. The van der Waals surface area contributed by atoms with Crippen LogP contribution >= 0.6 is 23.2 Å². The first-order valence-electron chi connectivity index (χ1n) is 6.71. The van der Waals surface area contributed by atoms with E-state index in [1.165, 1.54) is 24.3 Å². The lowest BCUT2D eigenvalue weighted by molar-refractivity contribution is 0.621. The Hall–Kier alpha value is -1.32. The Bertz CT molecular complexity index is 631. The highest BCUT2D eigenvalue weighted by atomic mass is 35.5. The topological polar surface area (TPSA) is 12.0 Å². The molecule has 1 fully saturated rings. The van der Waals surface area contributed by atoms with Crippen molar-refractivity contribution in [3.05, 3.63) is 63.6 Å². The Labute approximate surface area is 131 Å². The molecule has 0 heterocycles. The van der Waals surface area contributed by atoms with Crippen molar-refractivity contribution in [2.75, 3.05) is 5.32 Å². The van der Waals surface area contributed by atoms with E-state index in [4.69, 9.17) is 23.2 Å². The second kappa shape index (κ2) is 5.82. The van der Waals surface area contributed by atoms with Crippen LogP contribution in [0, 0.1) is 17.6 Å². The first-order chi connectivity index (χ1) is 10.0. The van der Waals surface area contributed by atoms with E-state index in [2.05, 4.69) is 5.32 Å². The SMILES string of the molecule is Fc1ccc(C(Nc2c(Cl)cc(F)cc2Cl)C2CC2)cc1. The van der Waals surface area contributed by atoms with Crippen LogP contribution in [0.5, 0.6) is 0 Å². The van der Waals surface area contributed by atoms with Gasteiger partial charge in [0.25, 0.3) is 0 Å². The van der Waals surface area contributed by atoms with Gasteiger partial charge in [-0.05, 0) is 48.6 Å². The van der Waals surface area contributed by atoms with E-state index >= 15 is 0 Å². The molecule has 0 spiro atoms. The van der Waals surface area contributed by atoms with Gasteiger partial charge in [0.15, 0.2) is 0 Å². The molecule has 0 bridgehead atoms. The molecule has 1 atom stereocenters. The number of anilines is 1. The summed E-state index contributed by atoms with van der Waals surface area (Å²) in [5, 5.41) is 3.77. The van der Waals surface area contributed by atoms with Crippen LogP contribution in [0.25, 0.3) is 0 Å². The monoisotopic (exact) mass is 327 g/mol. The molecular weight excluding hydrogens is 315 g/mol. The van der Waals surface area contributed by atoms with Crippen molar-refractivity contribution < 1.29 is 8.78 Å². The first kappa shape index (κ1) is 14.6. The van der Waals surface area contributed by atoms with Crippen LogP contribution in [0.15, 0.2) is 36.4 Å². The van der Waals surface area contributed by atoms with Gasteiger partial charge < -0.3 is 5.32 Å². The summed E-state index contributed by atoms with van der Waals surface area (Å²) in [7, 11) is 0. The van der Waals surface area contributed by atoms with Gasteiger partial charge in [-0.3, -0.25) is 0 Å². The van der Waals surface area contributed by atoms with E-state index in [1.54, 1.807) is 12.1 Å². The van der Waals surface area contributed by atoms with Gasteiger partial charge in [0.1, 0.15) is 11.6 Å². The van der Waals surface area contributed by atoms with E-state index in [0.717, 1.165) is 18.4 Å². The average molecular weight is 328 g/mol. The summed E-state index contributed by atoms with van der Waals surface area (Å²) in [6.07, 6.45) is 2.18. The third-order valence-corrected chi connectivity index (χ3v) is 4.23. The lowest BCUT2D eigenvalue weighted by Gasteiger charge is -2.22. The third-order valence-electron chi connectivity index (χ3n) is 3.63. The molecule has 1 N–H and O–H groups in total. The van der Waals surface area contributed by atoms with Gasteiger partial charge in [0, 0.05) is 0 Å². The fourth-order valence-corrected chi connectivity index (χ4v) is 2.98. The van der Waals surface area contributed by atoms with Gasteiger partial charge in [-0.25, -0.2) is 8.78 Å². The van der Waals surface area contributed by atoms with Crippen LogP contribution in [0.3, 0.4) is 0 Å². The molecule has 2 aromatic carbocycles. The highest BCUT2D eigenvalue weighted by Crippen LogP contribution is 2.45. The van der Waals surface area contributed by atoms with E-state index in [0.29, 0.717) is 11.6 Å². The summed E-state index contributed by atoms with van der Waals surface area (Å²) in [5.41, 5.74) is 1.48. The van der Waals surface area contributed by atoms with Crippen LogP contribution in [0.2, 0.25) is 10.0 Å². The van der Waals surface area contributed by atoms with Crippen LogP contribution < -0.4 is 5.32 Å². The fraction of sp³-hybridized carbons (Fsp3) is 0.250. The predicted molar refractivity (Wildman–Crippen MR) is 81.9 cm³/mol. The maximum absolute atomic E-state index is 13.2.